The SMILES string of the molecule is C=CCC12C(=O)c3ccccc3C1=CC(O)=C(C(=O)OCC)C2c1ccccc1. The molecule has 0 heterocycles. The zero-order valence-electron chi connectivity index (χ0n) is 16.2. The van der Waals surface area contributed by atoms with E-state index in [0.29, 0.717) is 12.0 Å². The van der Waals surface area contributed by atoms with Crippen LogP contribution in [0, 0.1) is 5.41 Å². The molecule has 146 valence electrons. The van der Waals surface area contributed by atoms with E-state index < -0.39 is 17.3 Å². The lowest BCUT2D eigenvalue weighted by Crippen LogP contribution is -2.39. The summed E-state index contributed by atoms with van der Waals surface area (Å²) >= 11 is 0. The summed E-state index contributed by atoms with van der Waals surface area (Å²) in [5.41, 5.74) is 1.94. The molecular weight excluding hydrogens is 364 g/mol. The standard InChI is InChI=1S/C25H22O4/c1-3-14-25-19(17-12-8-9-13-18(17)23(25)27)15-20(26)21(24(28)29-4-2)22(25)16-10-6-5-7-11-16/h3,5-13,15,22,26H,1,4,14H2,2H3. The van der Waals surface area contributed by atoms with Crippen molar-refractivity contribution >= 4 is 17.3 Å². The molecular formula is C25H22O4. The van der Waals surface area contributed by atoms with Crippen molar-refractivity contribution in [3.05, 3.63) is 101 Å². The summed E-state index contributed by atoms with van der Waals surface area (Å²) in [6.45, 7) is 5.78. The van der Waals surface area contributed by atoms with E-state index in [1.165, 1.54) is 0 Å². The van der Waals surface area contributed by atoms with Crippen molar-refractivity contribution in [3.63, 3.8) is 0 Å². The predicted octanol–water partition coefficient (Wildman–Crippen LogP) is 5.00. The van der Waals surface area contributed by atoms with Crippen molar-refractivity contribution in [1.29, 1.82) is 0 Å². The lowest BCUT2D eigenvalue weighted by molar-refractivity contribution is -0.139. The van der Waals surface area contributed by atoms with E-state index in [1.807, 2.05) is 48.5 Å². The Balaban J connectivity index is 2.06. The topological polar surface area (TPSA) is 63.6 Å². The molecule has 29 heavy (non-hydrogen) atoms. The average molecular weight is 386 g/mol. The molecule has 0 saturated carbocycles. The van der Waals surface area contributed by atoms with Gasteiger partial charge in [-0.05, 0) is 36.1 Å². The molecule has 2 aromatic rings. The molecule has 2 unspecified atom stereocenters. The molecule has 0 aliphatic heterocycles. The molecule has 0 amide bonds. The normalized spacial score (nSPS) is 22.6. The first kappa shape index (κ1) is 18.9. The molecule has 2 aliphatic carbocycles. The van der Waals surface area contributed by atoms with Crippen LogP contribution in [0.1, 0.15) is 40.7 Å². The minimum absolute atomic E-state index is 0.0672. The Labute approximate surface area is 169 Å². The Hall–Kier alpha value is -3.40. The van der Waals surface area contributed by atoms with E-state index in [4.69, 9.17) is 4.74 Å². The molecule has 4 rings (SSSR count). The fourth-order valence-corrected chi connectivity index (χ4v) is 4.70. The zero-order chi connectivity index (χ0) is 20.6. The van der Waals surface area contributed by atoms with Crippen LogP contribution in [0.5, 0.6) is 0 Å². The third-order valence-electron chi connectivity index (χ3n) is 5.78. The maximum Gasteiger partial charge on any atom is 0.338 e. The summed E-state index contributed by atoms with van der Waals surface area (Å²) < 4.78 is 5.26. The van der Waals surface area contributed by atoms with Gasteiger partial charge in [-0.25, -0.2) is 4.79 Å². The van der Waals surface area contributed by atoms with Crippen LogP contribution in [0.4, 0.5) is 0 Å². The van der Waals surface area contributed by atoms with E-state index in [1.54, 1.807) is 25.1 Å². The van der Waals surface area contributed by atoms with E-state index in [-0.39, 0.29) is 23.7 Å². The molecule has 0 radical (unpaired) electrons. The number of Topliss-reactive ketones (excluding diaryl/α,β-unsaturated/α-hetero) is 1. The Bertz CT molecular complexity index is 1060. The minimum atomic E-state index is -1.05. The van der Waals surface area contributed by atoms with Crippen LogP contribution in [0.25, 0.3) is 5.57 Å². The Morgan fingerprint density at radius 2 is 1.79 bits per heavy atom. The number of hydrogen-bond acceptors (Lipinski definition) is 4. The summed E-state index contributed by atoms with van der Waals surface area (Å²) in [7, 11) is 0. The van der Waals surface area contributed by atoms with Crippen molar-refractivity contribution in [2.45, 2.75) is 19.3 Å². The van der Waals surface area contributed by atoms with Crippen LogP contribution in [0.3, 0.4) is 0 Å². The van der Waals surface area contributed by atoms with Crippen molar-refractivity contribution in [1.82, 2.24) is 0 Å². The summed E-state index contributed by atoms with van der Waals surface area (Å²) in [6, 6.07) is 16.7. The summed E-state index contributed by atoms with van der Waals surface area (Å²) in [4.78, 5) is 26.7. The number of rotatable bonds is 5. The van der Waals surface area contributed by atoms with Gasteiger partial charge in [0.15, 0.2) is 5.78 Å². The number of carbonyl (C=O) groups is 2. The number of ether oxygens (including phenoxy) is 1. The lowest BCUT2D eigenvalue weighted by atomic mass is 9.60. The molecule has 4 heteroatoms. The van der Waals surface area contributed by atoms with Crippen LogP contribution < -0.4 is 0 Å². The first-order valence-electron chi connectivity index (χ1n) is 9.68. The van der Waals surface area contributed by atoms with Crippen LogP contribution in [-0.4, -0.2) is 23.5 Å². The van der Waals surface area contributed by atoms with Crippen molar-refractivity contribution in [2.75, 3.05) is 6.61 Å². The molecule has 4 nitrogen and oxygen atoms in total. The minimum Gasteiger partial charge on any atom is -0.507 e. The zero-order valence-corrected chi connectivity index (χ0v) is 16.2. The number of ketones is 1. The van der Waals surface area contributed by atoms with Gasteiger partial charge in [0.25, 0.3) is 0 Å². The largest absolute Gasteiger partial charge is 0.507 e. The van der Waals surface area contributed by atoms with Crippen molar-refractivity contribution < 1.29 is 19.4 Å². The molecule has 0 spiro atoms. The predicted molar refractivity (Wildman–Crippen MR) is 111 cm³/mol. The highest BCUT2D eigenvalue weighted by molar-refractivity contribution is 6.19. The van der Waals surface area contributed by atoms with Gasteiger partial charge in [0, 0.05) is 11.5 Å². The first-order chi connectivity index (χ1) is 14.1. The number of carbonyl (C=O) groups excluding carboxylic acids is 2. The van der Waals surface area contributed by atoms with Gasteiger partial charge >= 0.3 is 5.97 Å². The van der Waals surface area contributed by atoms with Gasteiger partial charge in [-0.2, -0.15) is 0 Å². The first-order valence-corrected chi connectivity index (χ1v) is 9.68. The van der Waals surface area contributed by atoms with Gasteiger partial charge in [-0.15, -0.1) is 6.58 Å². The van der Waals surface area contributed by atoms with Gasteiger partial charge in [-0.3, -0.25) is 4.79 Å². The number of aliphatic hydroxyl groups excluding tert-OH is 1. The molecule has 0 saturated heterocycles. The maximum atomic E-state index is 13.8. The monoisotopic (exact) mass is 386 g/mol. The highest BCUT2D eigenvalue weighted by Crippen LogP contribution is 2.61. The molecule has 0 fully saturated rings. The van der Waals surface area contributed by atoms with Gasteiger partial charge < -0.3 is 9.84 Å². The van der Waals surface area contributed by atoms with Crippen LogP contribution in [0.2, 0.25) is 0 Å². The summed E-state index contributed by atoms with van der Waals surface area (Å²) in [5.74, 6) is -1.51. The lowest BCUT2D eigenvalue weighted by Gasteiger charge is -2.40. The number of aliphatic hydroxyl groups is 1. The fraction of sp³-hybridized carbons (Fsp3) is 0.200. The Morgan fingerprint density at radius 3 is 2.45 bits per heavy atom. The molecule has 0 aromatic heterocycles. The molecule has 2 atom stereocenters. The molecule has 0 bridgehead atoms. The number of hydrogen-bond donors (Lipinski definition) is 1. The summed E-state index contributed by atoms with van der Waals surface area (Å²) in [6.07, 6.45) is 3.60. The second-order valence-corrected chi connectivity index (χ2v) is 7.26. The smallest absolute Gasteiger partial charge is 0.338 e. The fourth-order valence-electron chi connectivity index (χ4n) is 4.70. The van der Waals surface area contributed by atoms with Gasteiger partial charge in [0.05, 0.1) is 17.6 Å². The quantitative estimate of drug-likeness (QED) is 0.580. The van der Waals surface area contributed by atoms with E-state index in [2.05, 4.69) is 6.58 Å². The van der Waals surface area contributed by atoms with Crippen molar-refractivity contribution in [2.24, 2.45) is 5.41 Å². The molecule has 2 aromatic carbocycles. The highest BCUT2D eigenvalue weighted by atomic mass is 16.5. The van der Waals surface area contributed by atoms with Crippen LogP contribution >= 0.6 is 0 Å². The van der Waals surface area contributed by atoms with E-state index in [0.717, 1.165) is 16.7 Å². The molecule has 1 N–H and O–H groups in total. The molecule has 2 aliphatic rings. The summed E-state index contributed by atoms with van der Waals surface area (Å²) in [5, 5.41) is 10.9. The van der Waals surface area contributed by atoms with Crippen LogP contribution in [0.15, 0.2) is 84.7 Å². The van der Waals surface area contributed by atoms with Gasteiger partial charge in [-0.1, -0.05) is 60.7 Å². The Kier molecular flexibility index (Phi) is 4.71. The van der Waals surface area contributed by atoms with Crippen molar-refractivity contribution in [3.8, 4) is 0 Å². The average Bonchev–Trinajstić information content (AvgIpc) is 2.97. The third-order valence-corrected chi connectivity index (χ3v) is 5.78. The highest BCUT2D eigenvalue weighted by Gasteiger charge is 2.58. The Morgan fingerprint density at radius 1 is 1.14 bits per heavy atom. The van der Waals surface area contributed by atoms with E-state index >= 15 is 0 Å². The number of fused-ring (bicyclic) bond motifs is 3. The maximum absolute atomic E-state index is 13.8. The van der Waals surface area contributed by atoms with Gasteiger partial charge in [0.1, 0.15) is 5.76 Å². The second-order valence-electron chi connectivity index (χ2n) is 7.26. The van der Waals surface area contributed by atoms with Gasteiger partial charge in [0.2, 0.25) is 0 Å². The third kappa shape index (κ3) is 2.67. The van der Waals surface area contributed by atoms with Crippen LogP contribution in [-0.2, 0) is 9.53 Å². The number of benzene rings is 2. The number of esters is 1. The second kappa shape index (κ2) is 7.21. The number of allylic oxidation sites excluding steroid dienone is 3. The van der Waals surface area contributed by atoms with E-state index in [9.17, 15) is 14.7 Å².